The summed E-state index contributed by atoms with van der Waals surface area (Å²) in [7, 11) is 0. The first-order valence-corrected chi connectivity index (χ1v) is 6.41. The number of fused-ring (bicyclic) bond motifs is 1. The minimum Gasteiger partial charge on any atom is -0.295 e. The van der Waals surface area contributed by atoms with Gasteiger partial charge in [0.25, 0.3) is 0 Å². The molecule has 0 amide bonds. The minimum absolute atomic E-state index is 0.253. The molecule has 1 aromatic carbocycles. The van der Waals surface area contributed by atoms with Crippen molar-refractivity contribution in [2.24, 2.45) is 0 Å². The van der Waals surface area contributed by atoms with E-state index in [0.29, 0.717) is 6.42 Å². The van der Waals surface area contributed by atoms with E-state index in [1.54, 1.807) is 6.20 Å². The van der Waals surface area contributed by atoms with E-state index in [1.165, 1.54) is 0 Å². The van der Waals surface area contributed by atoms with Gasteiger partial charge in [0, 0.05) is 18.0 Å². The van der Waals surface area contributed by atoms with Gasteiger partial charge in [-0.3, -0.25) is 9.78 Å². The molecule has 90 valence electrons. The van der Waals surface area contributed by atoms with Crippen LogP contribution in [0.5, 0.6) is 0 Å². The normalized spacial score (nSPS) is 16.4. The summed E-state index contributed by atoms with van der Waals surface area (Å²) >= 11 is 0. The number of benzene rings is 1. The molecule has 0 radical (unpaired) electrons. The van der Waals surface area contributed by atoms with Crippen molar-refractivity contribution in [3.63, 3.8) is 0 Å². The molecule has 0 saturated carbocycles. The lowest BCUT2D eigenvalue weighted by Crippen LogP contribution is -1.91. The molecule has 2 aromatic rings. The number of hydrogen-bond acceptors (Lipinski definition) is 2. The first-order chi connectivity index (χ1) is 8.83. The average Bonchev–Trinajstić information content (AvgIpc) is 2.63. The molecule has 1 aliphatic carbocycles. The highest BCUT2D eigenvalue weighted by Crippen LogP contribution is 2.26. The molecule has 18 heavy (non-hydrogen) atoms. The third-order valence-electron chi connectivity index (χ3n) is 3.43. The van der Waals surface area contributed by atoms with Gasteiger partial charge in [0.1, 0.15) is 0 Å². The first kappa shape index (κ1) is 11.1. The molecule has 0 N–H and O–H groups in total. The van der Waals surface area contributed by atoms with Gasteiger partial charge in [-0.25, -0.2) is 0 Å². The Labute approximate surface area is 106 Å². The largest absolute Gasteiger partial charge is 0.295 e. The number of hydrogen-bond donors (Lipinski definition) is 0. The average molecular weight is 237 g/mol. The zero-order chi connectivity index (χ0) is 12.4. The fourth-order valence-corrected chi connectivity index (χ4v) is 2.45. The van der Waals surface area contributed by atoms with Crippen molar-refractivity contribution in [1.82, 2.24) is 4.98 Å². The lowest BCUT2D eigenvalue weighted by atomic mass is 10.00. The fraction of sp³-hybridized carbons (Fsp3) is 0.250. The van der Waals surface area contributed by atoms with Crippen molar-refractivity contribution in [2.75, 3.05) is 0 Å². The van der Waals surface area contributed by atoms with Crippen LogP contribution in [-0.2, 0) is 4.79 Å². The van der Waals surface area contributed by atoms with E-state index in [4.69, 9.17) is 0 Å². The monoisotopic (exact) mass is 237 g/mol. The Balaban J connectivity index is 2.05. The number of aromatic nitrogens is 1. The van der Waals surface area contributed by atoms with Crippen molar-refractivity contribution >= 4 is 22.3 Å². The van der Waals surface area contributed by atoms with Gasteiger partial charge in [-0.2, -0.15) is 0 Å². The number of carbonyl (C=O) groups is 1. The zero-order valence-corrected chi connectivity index (χ0v) is 10.2. The molecule has 0 atom stereocenters. The van der Waals surface area contributed by atoms with E-state index < -0.39 is 0 Å². The molecule has 0 spiro atoms. The Morgan fingerprint density at radius 3 is 2.89 bits per heavy atom. The van der Waals surface area contributed by atoms with Crippen LogP contribution >= 0.6 is 0 Å². The molecular weight excluding hydrogens is 222 g/mol. The second kappa shape index (κ2) is 4.73. The summed E-state index contributed by atoms with van der Waals surface area (Å²) in [6.45, 7) is 0. The highest BCUT2D eigenvalue weighted by molar-refractivity contribution is 5.98. The number of carbonyl (C=O) groups excluding carboxylic acids is 1. The van der Waals surface area contributed by atoms with Crippen LogP contribution in [0.2, 0.25) is 0 Å². The summed E-state index contributed by atoms with van der Waals surface area (Å²) in [6, 6.07) is 10.2. The fourth-order valence-electron chi connectivity index (χ4n) is 2.45. The maximum absolute atomic E-state index is 11.6. The predicted molar refractivity (Wildman–Crippen MR) is 73.2 cm³/mol. The molecule has 2 heteroatoms. The summed E-state index contributed by atoms with van der Waals surface area (Å²) < 4.78 is 0. The minimum atomic E-state index is 0.253. The van der Waals surface area contributed by atoms with Crippen molar-refractivity contribution in [3.8, 4) is 0 Å². The Morgan fingerprint density at radius 2 is 1.94 bits per heavy atom. The maximum atomic E-state index is 11.6. The van der Waals surface area contributed by atoms with E-state index in [9.17, 15) is 4.79 Å². The van der Waals surface area contributed by atoms with Gasteiger partial charge in [-0.05, 0) is 48.6 Å². The van der Waals surface area contributed by atoms with E-state index in [0.717, 1.165) is 41.3 Å². The van der Waals surface area contributed by atoms with E-state index >= 15 is 0 Å². The SMILES string of the molecule is O=C1C=C(c2ccc3cccnc3c2)CCCC1. The standard InChI is InChI=1S/C16H15NO/c18-15-6-2-1-4-13(10-15)14-8-7-12-5-3-9-17-16(12)11-14/h3,5,7-11H,1-2,4,6H2. The molecule has 1 aliphatic rings. The maximum Gasteiger partial charge on any atom is 0.155 e. The highest BCUT2D eigenvalue weighted by Gasteiger charge is 2.10. The molecule has 0 aliphatic heterocycles. The summed E-state index contributed by atoms with van der Waals surface area (Å²) in [4.78, 5) is 16.0. The van der Waals surface area contributed by atoms with Crippen LogP contribution < -0.4 is 0 Å². The van der Waals surface area contributed by atoms with Crippen LogP contribution in [0, 0.1) is 0 Å². The first-order valence-electron chi connectivity index (χ1n) is 6.41. The van der Waals surface area contributed by atoms with Crippen LogP contribution in [0.25, 0.3) is 16.5 Å². The van der Waals surface area contributed by atoms with Gasteiger partial charge in [-0.15, -0.1) is 0 Å². The van der Waals surface area contributed by atoms with Crippen molar-refractivity contribution in [2.45, 2.75) is 25.7 Å². The van der Waals surface area contributed by atoms with Crippen LogP contribution in [0.4, 0.5) is 0 Å². The summed E-state index contributed by atoms with van der Waals surface area (Å²) in [5.41, 5.74) is 3.29. The quantitative estimate of drug-likeness (QED) is 0.755. The molecular formula is C16H15NO. The molecule has 3 rings (SSSR count). The zero-order valence-electron chi connectivity index (χ0n) is 10.2. The number of ketones is 1. The second-order valence-electron chi connectivity index (χ2n) is 4.75. The molecule has 0 saturated heterocycles. The van der Waals surface area contributed by atoms with Crippen LogP contribution in [0.3, 0.4) is 0 Å². The Bertz CT molecular complexity index is 628. The van der Waals surface area contributed by atoms with E-state index in [2.05, 4.69) is 29.2 Å². The smallest absolute Gasteiger partial charge is 0.155 e. The number of pyridine rings is 1. The van der Waals surface area contributed by atoms with Crippen molar-refractivity contribution in [3.05, 3.63) is 48.2 Å². The second-order valence-corrected chi connectivity index (χ2v) is 4.75. The van der Waals surface area contributed by atoms with E-state index in [-0.39, 0.29) is 5.78 Å². The van der Waals surface area contributed by atoms with Gasteiger partial charge >= 0.3 is 0 Å². The molecule has 1 aromatic heterocycles. The number of allylic oxidation sites excluding steroid dienone is 2. The summed E-state index contributed by atoms with van der Waals surface area (Å²) in [5, 5.41) is 1.14. The number of rotatable bonds is 1. The van der Waals surface area contributed by atoms with Crippen LogP contribution in [0.1, 0.15) is 31.2 Å². The molecule has 1 heterocycles. The van der Waals surface area contributed by atoms with E-state index in [1.807, 2.05) is 12.1 Å². The third-order valence-corrected chi connectivity index (χ3v) is 3.43. The van der Waals surface area contributed by atoms with Gasteiger partial charge in [0.15, 0.2) is 5.78 Å². The summed E-state index contributed by atoms with van der Waals surface area (Å²) in [6.07, 6.45) is 7.40. The topological polar surface area (TPSA) is 30.0 Å². The van der Waals surface area contributed by atoms with Crippen LogP contribution in [-0.4, -0.2) is 10.8 Å². The third kappa shape index (κ3) is 2.19. The Kier molecular flexibility index (Phi) is 2.93. The highest BCUT2D eigenvalue weighted by atomic mass is 16.1. The lowest BCUT2D eigenvalue weighted by molar-refractivity contribution is -0.114. The van der Waals surface area contributed by atoms with Crippen molar-refractivity contribution < 1.29 is 4.79 Å². The van der Waals surface area contributed by atoms with Gasteiger partial charge < -0.3 is 0 Å². The summed E-state index contributed by atoms with van der Waals surface area (Å²) in [5.74, 6) is 0.253. The Morgan fingerprint density at radius 1 is 1.06 bits per heavy atom. The van der Waals surface area contributed by atoms with Gasteiger partial charge in [0.05, 0.1) is 5.52 Å². The predicted octanol–water partition coefficient (Wildman–Crippen LogP) is 3.76. The number of nitrogens with zero attached hydrogens (tertiary/aromatic N) is 1. The molecule has 0 bridgehead atoms. The lowest BCUT2D eigenvalue weighted by Gasteiger charge is -2.06. The van der Waals surface area contributed by atoms with Crippen molar-refractivity contribution in [1.29, 1.82) is 0 Å². The molecule has 0 fully saturated rings. The molecule has 2 nitrogen and oxygen atoms in total. The van der Waals surface area contributed by atoms with Crippen LogP contribution in [0.15, 0.2) is 42.6 Å². The van der Waals surface area contributed by atoms with Gasteiger partial charge in [0.2, 0.25) is 0 Å². The Hall–Kier alpha value is -1.96. The van der Waals surface area contributed by atoms with Gasteiger partial charge in [-0.1, -0.05) is 18.2 Å². The molecule has 0 unspecified atom stereocenters.